The highest BCUT2D eigenvalue weighted by Crippen LogP contribution is 2.45. The Morgan fingerprint density at radius 2 is 1.81 bits per heavy atom. The number of amides is 2. The maximum absolute atomic E-state index is 14.7. The number of aromatic nitrogens is 1. The lowest BCUT2D eigenvalue weighted by atomic mass is 9.86. The zero-order chi connectivity index (χ0) is 29.6. The third-order valence-corrected chi connectivity index (χ3v) is 9.50. The molecular formula is C35H41N3O4. The summed E-state index contributed by atoms with van der Waals surface area (Å²) in [6.45, 7) is 9.00. The zero-order valence-electron chi connectivity index (χ0n) is 24.9. The minimum atomic E-state index is -0.982. The van der Waals surface area contributed by atoms with E-state index < -0.39 is 18.2 Å². The zero-order valence-corrected chi connectivity index (χ0v) is 24.9. The Morgan fingerprint density at radius 1 is 1.05 bits per heavy atom. The first-order valence-corrected chi connectivity index (χ1v) is 15.1. The standard InChI is InChI=1S/C35H41N3O4/c1-21-11-16-27-28(20-42-32(21)27)34(41)38(25-14-12-24(13-15-25)35(2,3)4)31(23-9-7-17-36-19-23)33(40)37-30-26-10-6-5-8-22(26)18-29(30)39/h5-10,12-15,17,19,21,27-32,39H,11,16,18,20H2,1-4H3,(H,37,40)/t21?,27?,28?,29-,30+,31?,32?/m0/s1. The highest BCUT2D eigenvalue weighted by molar-refractivity contribution is 6.02. The monoisotopic (exact) mass is 567 g/mol. The largest absolute Gasteiger partial charge is 0.390 e. The lowest BCUT2D eigenvalue weighted by Gasteiger charge is -2.35. The topological polar surface area (TPSA) is 91.8 Å². The van der Waals surface area contributed by atoms with E-state index in [2.05, 4.69) is 38.0 Å². The Labute approximate surface area is 248 Å². The van der Waals surface area contributed by atoms with Gasteiger partial charge in [-0.1, -0.05) is 70.2 Å². The second-order valence-electron chi connectivity index (χ2n) is 13.3. The number of hydrogen-bond donors (Lipinski definition) is 2. The molecule has 7 atom stereocenters. The van der Waals surface area contributed by atoms with Crippen molar-refractivity contribution in [3.63, 3.8) is 0 Å². The van der Waals surface area contributed by atoms with Crippen LogP contribution in [0.4, 0.5) is 5.69 Å². The molecule has 7 heteroatoms. The molecule has 42 heavy (non-hydrogen) atoms. The Balaban J connectivity index is 1.42. The van der Waals surface area contributed by atoms with Crippen LogP contribution < -0.4 is 10.2 Å². The molecule has 5 unspecified atom stereocenters. The predicted molar refractivity (Wildman–Crippen MR) is 162 cm³/mol. The third-order valence-electron chi connectivity index (χ3n) is 9.50. The van der Waals surface area contributed by atoms with Crippen LogP contribution in [-0.4, -0.2) is 40.7 Å². The number of carbonyl (C=O) groups excluding carboxylic acids is 2. The average molecular weight is 568 g/mol. The molecule has 2 N–H and O–H groups in total. The first-order chi connectivity index (χ1) is 20.1. The van der Waals surface area contributed by atoms with Crippen LogP contribution in [0.2, 0.25) is 0 Å². The SMILES string of the molecule is CC1CCC2C(C(=O)N(c3ccc(C(C)(C)C)cc3)C(C(=O)N[C@@H]3c4ccccc4C[C@@H]3O)c3cccnc3)COC12. The normalized spacial score (nSPS) is 27.3. The molecule has 6 rings (SSSR count). The van der Waals surface area contributed by atoms with Gasteiger partial charge in [-0.05, 0) is 65.0 Å². The minimum Gasteiger partial charge on any atom is -0.390 e. The number of carbonyl (C=O) groups is 2. The van der Waals surface area contributed by atoms with Gasteiger partial charge >= 0.3 is 0 Å². The summed E-state index contributed by atoms with van der Waals surface area (Å²) in [7, 11) is 0. The Kier molecular flexibility index (Phi) is 7.66. The van der Waals surface area contributed by atoms with E-state index in [-0.39, 0.29) is 35.2 Å². The molecule has 2 fully saturated rings. The van der Waals surface area contributed by atoms with Crippen LogP contribution in [0, 0.1) is 17.8 Å². The summed E-state index contributed by atoms with van der Waals surface area (Å²) in [5.41, 5.74) is 4.26. The van der Waals surface area contributed by atoms with Crippen molar-refractivity contribution in [2.75, 3.05) is 11.5 Å². The summed E-state index contributed by atoms with van der Waals surface area (Å²) in [5, 5.41) is 14.1. The van der Waals surface area contributed by atoms with Gasteiger partial charge in [0.1, 0.15) is 6.04 Å². The quantitative estimate of drug-likeness (QED) is 0.423. The Bertz CT molecular complexity index is 1430. The van der Waals surface area contributed by atoms with E-state index in [0.29, 0.717) is 30.2 Å². The van der Waals surface area contributed by atoms with Crippen LogP contribution in [0.1, 0.15) is 74.9 Å². The molecule has 3 aromatic rings. The first kappa shape index (κ1) is 28.6. The summed E-state index contributed by atoms with van der Waals surface area (Å²) in [4.78, 5) is 35.1. The van der Waals surface area contributed by atoms with Gasteiger partial charge in [-0.2, -0.15) is 0 Å². The highest BCUT2D eigenvalue weighted by Gasteiger charge is 2.50. The third kappa shape index (κ3) is 5.25. The smallest absolute Gasteiger partial charge is 0.248 e. The minimum absolute atomic E-state index is 0.0635. The first-order valence-electron chi connectivity index (χ1n) is 15.1. The molecule has 2 heterocycles. The summed E-state index contributed by atoms with van der Waals surface area (Å²) in [6.07, 6.45) is 5.07. The fraction of sp³-hybridized carbons (Fsp3) is 0.457. The number of aliphatic hydroxyl groups is 1. The number of aliphatic hydroxyl groups excluding tert-OH is 1. The van der Waals surface area contributed by atoms with Gasteiger partial charge in [0.05, 0.1) is 30.8 Å². The van der Waals surface area contributed by atoms with Crippen LogP contribution >= 0.6 is 0 Å². The van der Waals surface area contributed by atoms with E-state index in [1.165, 1.54) is 0 Å². The van der Waals surface area contributed by atoms with E-state index in [9.17, 15) is 14.7 Å². The number of ether oxygens (including phenoxy) is 1. The Hall–Kier alpha value is -3.55. The number of anilines is 1. The molecular weight excluding hydrogens is 526 g/mol. The van der Waals surface area contributed by atoms with Gasteiger partial charge in [-0.25, -0.2) is 0 Å². The molecule has 0 bridgehead atoms. The average Bonchev–Trinajstić information content (AvgIpc) is 3.66. The van der Waals surface area contributed by atoms with Crippen molar-refractivity contribution in [3.8, 4) is 0 Å². The lowest BCUT2D eigenvalue weighted by molar-refractivity contribution is -0.129. The summed E-state index contributed by atoms with van der Waals surface area (Å²) < 4.78 is 6.19. The summed E-state index contributed by atoms with van der Waals surface area (Å²) in [6, 6.07) is 17.8. The second kappa shape index (κ2) is 11.3. The van der Waals surface area contributed by atoms with Crippen molar-refractivity contribution >= 4 is 17.5 Å². The van der Waals surface area contributed by atoms with Crippen LogP contribution in [0.25, 0.3) is 0 Å². The van der Waals surface area contributed by atoms with Gasteiger partial charge in [-0.3, -0.25) is 19.5 Å². The molecule has 1 aliphatic heterocycles. The summed E-state index contributed by atoms with van der Waals surface area (Å²) >= 11 is 0. The van der Waals surface area contributed by atoms with E-state index in [1.807, 2.05) is 54.6 Å². The van der Waals surface area contributed by atoms with E-state index in [4.69, 9.17) is 4.74 Å². The number of benzene rings is 2. The van der Waals surface area contributed by atoms with Crippen LogP contribution in [-0.2, 0) is 26.2 Å². The van der Waals surface area contributed by atoms with Crippen molar-refractivity contribution in [3.05, 3.63) is 95.3 Å². The van der Waals surface area contributed by atoms with Gasteiger partial charge in [0.25, 0.3) is 0 Å². The van der Waals surface area contributed by atoms with Crippen molar-refractivity contribution in [1.29, 1.82) is 0 Å². The number of nitrogens with zero attached hydrogens (tertiary/aromatic N) is 2. The molecule has 7 nitrogen and oxygen atoms in total. The fourth-order valence-electron chi connectivity index (χ4n) is 7.16. The highest BCUT2D eigenvalue weighted by atomic mass is 16.5. The van der Waals surface area contributed by atoms with Gasteiger partial charge in [0.15, 0.2) is 0 Å². The molecule has 2 aromatic carbocycles. The van der Waals surface area contributed by atoms with Gasteiger partial charge in [0, 0.05) is 30.1 Å². The predicted octanol–water partition coefficient (Wildman–Crippen LogP) is 5.29. The molecule has 0 radical (unpaired) electrons. The number of pyridine rings is 1. The van der Waals surface area contributed by atoms with Crippen molar-refractivity contribution in [2.24, 2.45) is 17.8 Å². The van der Waals surface area contributed by atoms with Gasteiger partial charge in [-0.15, -0.1) is 0 Å². The maximum atomic E-state index is 14.7. The van der Waals surface area contributed by atoms with Crippen LogP contribution in [0.5, 0.6) is 0 Å². The van der Waals surface area contributed by atoms with Gasteiger partial charge < -0.3 is 15.2 Å². The number of hydrogen-bond acceptors (Lipinski definition) is 5. The van der Waals surface area contributed by atoms with Crippen molar-refractivity contribution in [1.82, 2.24) is 10.3 Å². The van der Waals surface area contributed by atoms with Crippen LogP contribution in [0.3, 0.4) is 0 Å². The number of rotatable bonds is 6. The molecule has 0 spiro atoms. The number of nitrogens with one attached hydrogen (secondary N) is 1. The van der Waals surface area contributed by atoms with E-state index >= 15 is 0 Å². The summed E-state index contributed by atoms with van der Waals surface area (Å²) in [5.74, 6) is -0.269. The number of fused-ring (bicyclic) bond motifs is 2. The van der Waals surface area contributed by atoms with Crippen LogP contribution in [0.15, 0.2) is 73.1 Å². The second-order valence-corrected chi connectivity index (χ2v) is 13.3. The van der Waals surface area contributed by atoms with Crippen molar-refractivity contribution in [2.45, 2.75) is 76.7 Å². The van der Waals surface area contributed by atoms with E-state index in [0.717, 1.165) is 29.5 Å². The molecule has 220 valence electrons. The molecule has 2 amide bonds. The maximum Gasteiger partial charge on any atom is 0.248 e. The molecule has 3 aliphatic rings. The van der Waals surface area contributed by atoms with E-state index in [1.54, 1.807) is 23.4 Å². The molecule has 1 saturated heterocycles. The Morgan fingerprint density at radius 3 is 2.52 bits per heavy atom. The molecule has 1 saturated carbocycles. The molecule has 1 aromatic heterocycles. The molecule has 2 aliphatic carbocycles. The van der Waals surface area contributed by atoms with Crippen molar-refractivity contribution < 1.29 is 19.4 Å². The lowest BCUT2D eigenvalue weighted by Crippen LogP contribution is -2.49. The van der Waals surface area contributed by atoms with Gasteiger partial charge in [0.2, 0.25) is 11.8 Å². The fourth-order valence-corrected chi connectivity index (χ4v) is 7.16.